The summed E-state index contributed by atoms with van der Waals surface area (Å²) in [5.41, 5.74) is 8.18. The fraction of sp³-hybridized carbons (Fsp3) is 0.137. The Morgan fingerprint density at radius 2 is 0.892 bits per heavy atom. The lowest BCUT2D eigenvalue weighted by Crippen LogP contribution is -2.10. The molecule has 0 saturated heterocycles. The molecule has 29 heteroatoms. The predicted molar refractivity (Wildman–Crippen MR) is 410 cm³/mol. The lowest BCUT2D eigenvalue weighted by Gasteiger charge is -2.13. The number of aromatic amines is 4. The van der Waals surface area contributed by atoms with Crippen LogP contribution in [0.4, 0.5) is 0 Å². The summed E-state index contributed by atoms with van der Waals surface area (Å²) in [7, 11) is 0. The van der Waals surface area contributed by atoms with E-state index in [0.29, 0.717) is 104 Å². The quantitative estimate of drug-likeness (QED) is 0.0161. The van der Waals surface area contributed by atoms with Gasteiger partial charge in [0.05, 0.1) is 81.7 Å². The van der Waals surface area contributed by atoms with Gasteiger partial charge in [0.1, 0.15) is 87.1 Å². The molecule has 8 heterocycles. The van der Waals surface area contributed by atoms with Crippen molar-refractivity contribution in [2.75, 3.05) is 50.8 Å². The lowest BCUT2D eigenvalue weighted by atomic mass is 9.97. The molecule has 5 aromatic carbocycles. The Balaban J connectivity index is 0.000000164. The molecule has 0 amide bonds. The van der Waals surface area contributed by atoms with Gasteiger partial charge in [-0.15, -0.1) is 34.4 Å². The molecular weight excluding hydrogens is 1530 g/mol. The van der Waals surface area contributed by atoms with Crippen LogP contribution in [0.3, 0.4) is 0 Å². The zero-order valence-electron chi connectivity index (χ0n) is 53.9. The van der Waals surface area contributed by atoms with Crippen LogP contribution in [0, 0.1) is 38.6 Å². The molecule has 516 valence electrons. The molecule has 13 aromatic rings. The van der Waals surface area contributed by atoms with Crippen molar-refractivity contribution in [3.63, 3.8) is 0 Å². The molecule has 0 aliphatic heterocycles. The third kappa shape index (κ3) is 18.7. The van der Waals surface area contributed by atoms with Crippen molar-refractivity contribution in [3.8, 4) is 95.9 Å². The topological polar surface area (TPSA) is 355 Å². The van der Waals surface area contributed by atoms with Gasteiger partial charge in [-0.1, -0.05) is 119 Å². The number of aliphatic hydroxyl groups is 4. The number of rotatable bonds is 19. The van der Waals surface area contributed by atoms with Crippen LogP contribution in [0.1, 0.15) is 28.1 Å². The van der Waals surface area contributed by atoms with Crippen molar-refractivity contribution >= 4 is 125 Å². The van der Waals surface area contributed by atoms with E-state index in [9.17, 15) is 30.2 Å². The van der Waals surface area contributed by atoms with Gasteiger partial charge in [-0.25, -0.2) is 19.9 Å². The Kier molecular flexibility index (Phi) is 27.9. The first kappa shape index (κ1) is 76.0. The second-order valence-corrected chi connectivity index (χ2v) is 24.6. The number of hydrogen-bond acceptors (Lipinski definition) is 22. The molecule has 8 N–H and O–H groups in total. The van der Waals surface area contributed by atoms with Crippen molar-refractivity contribution in [2.45, 2.75) is 18.2 Å². The van der Waals surface area contributed by atoms with E-state index in [2.05, 4.69) is 80.7 Å². The number of thioether (sulfide) groups is 1. The van der Waals surface area contributed by atoms with E-state index < -0.39 is 0 Å². The van der Waals surface area contributed by atoms with E-state index in [1.807, 2.05) is 58.3 Å². The third-order valence-corrected chi connectivity index (χ3v) is 17.9. The number of fused-ring (bicyclic) bond motifs is 3. The zero-order chi connectivity index (χ0) is 72.7. The molecule has 0 saturated carbocycles. The van der Waals surface area contributed by atoms with E-state index in [4.69, 9.17) is 74.8 Å². The van der Waals surface area contributed by atoms with Gasteiger partial charge in [-0.2, -0.15) is 15.8 Å². The third-order valence-electron chi connectivity index (χ3n) is 14.5. The van der Waals surface area contributed by atoms with E-state index >= 15 is 0 Å². The number of thiazole rings is 2. The van der Waals surface area contributed by atoms with E-state index in [1.54, 1.807) is 109 Å². The van der Waals surface area contributed by atoms with Crippen molar-refractivity contribution in [1.82, 2.24) is 39.9 Å². The van der Waals surface area contributed by atoms with Crippen LogP contribution in [0.2, 0.25) is 10.0 Å². The molecule has 0 spiro atoms. The number of hydrogen-bond donors (Lipinski definition) is 8. The summed E-state index contributed by atoms with van der Waals surface area (Å²) < 4.78 is 22.4. The van der Waals surface area contributed by atoms with Gasteiger partial charge in [0.2, 0.25) is 5.88 Å². The van der Waals surface area contributed by atoms with Gasteiger partial charge in [0.25, 0.3) is 16.7 Å². The van der Waals surface area contributed by atoms with Gasteiger partial charge in [0.15, 0.2) is 0 Å². The summed E-state index contributed by atoms with van der Waals surface area (Å²) in [6.45, 7) is 0.397. The molecule has 0 aliphatic rings. The van der Waals surface area contributed by atoms with Crippen LogP contribution in [0.25, 0.3) is 87.2 Å². The Hall–Kier alpha value is -10.2. The number of pyridine rings is 6. The van der Waals surface area contributed by atoms with Gasteiger partial charge >= 0.3 is 0 Å². The number of ether oxygens (including phenoxy) is 4. The maximum Gasteiger partial charge on any atom is 0.258 e. The normalized spacial score (nSPS) is 10.5. The minimum absolute atomic E-state index is 0.00983. The summed E-state index contributed by atoms with van der Waals surface area (Å²) in [5, 5.41) is 73.1. The SMILES string of the molecule is CI.CSc1nc2cc[nH]c(=O)c2c(-c2ccc(OCCO)cc2)c1C#N.N#Cc1c(-c2ccc(OCCO)cc2)c2c(=O)[nH]ccc2[nH]c1=S.N#Cc1c(OCc2csc(-c3ccc(Cl)cc3)n2)nc2cc[nH]c(=O)c2c1-c1ccc(OCCO)cc1.OCc1csc(-c2ccc(Cl)cc2)n1. The minimum Gasteiger partial charge on any atom is -0.491 e. The van der Waals surface area contributed by atoms with Gasteiger partial charge in [-0.3, -0.25) is 14.4 Å². The van der Waals surface area contributed by atoms with Crippen LogP contribution in [0.5, 0.6) is 23.1 Å². The number of alkyl halides is 1. The number of nitrogens with zero attached hydrogens (tertiary/aromatic N) is 7. The van der Waals surface area contributed by atoms with E-state index in [-0.39, 0.29) is 96.6 Å². The first-order chi connectivity index (χ1) is 49.7. The fourth-order valence-electron chi connectivity index (χ4n) is 10.1. The van der Waals surface area contributed by atoms with E-state index in [1.165, 1.54) is 46.8 Å². The number of nitrogens with one attached hydrogen (secondary N) is 4. The first-order valence-electron chi connectivity index (χ1n) is 30.4. The summed E-state index contributed by atoms with van der Waals surface area (Å²) in [4.78, 5) is 68.1. The fourth-order valence-corrected chi connectivity index (χ4v) is 12.8. The highest BCUT2D eigenvalue weighted by molar-refractivity contribution is 14.1. The van der Waals surface area contributed by atoms with Gasteiger partial charge in [-0.05, 0) is 107 Å². The van der Waals surface area contributed by atoms with Gasteiger partial charge < -0.3 is 59.3 Å². The van der Waals surface area contributed by atoms with Crippen molar-refractivity contribution in [2.24, 2.45) is 0 Å². The lowest BCUT2D eigenvalue weighted by molar-refractivity contribution is 0.201. The number of aliphatic hydroxyl groups excluding tert-OH is 4. The maximum absolute atomic E-state index is 12.8. The first-order valence-corrected chi connectivity index (χ1v) is 36.7. The molecule has 22 nitrogen and oxygen atoms in total. The monoisotopic (exact) mass is 1590 g/mol. The average molecular weight is 1590 g/mol. The average Bonchev–Trinajstić information content (AvgIpc) is 0.888. The van der Waals surface area contributed by atoms with Crippen LogP contribution in [-0.4, -0.2) is 111 Å². The number of nitriles is 3. The molecule has 0 aliphatic carbocycles. The van der Waals surface area contributed by atoms with Crippen molar-refractivity contribution in [1.29, 1.82) is 15.8 Å². The number of H-pyrrole nitrogens is 4. The molecule has 8 aromatic heterocycles. The number of benzene rings is 5. The molecule has 0 bridgehead atoms. The molecule has 0 fully saturated rings. The van der Waals surface area contributed by atoms with Crippen molar-refractivity contribution < 1.29 is 39.4 Å². The molecule has 102 heavy (non-hydrogen) atoms. The molecule has 13 rings (SSSR count). The number of aromatic nitrogens is 8. The van der Waals surface area contributed by atoms with Crippen LogP contribution in [-0.2, 0) is 13.2 Å². The largest absolute Gasteiger partial charge is 0.491 e. The Bertz CT molecular complexity index is 5430. The Morgan fingerprint density at radius 1 is 0.500 bits per heavy atom. The minimum atomic E-state index is -0.365. The molecular formula is C73H58Cl2IN11O11S4. The van der Waals surface area contributed by atoms with Crippen LogP contribution < -0.4 is 35.6 Å². The second-order valence-electron chi connectivity index (χ2n) is 20.8. The highest BCUT2D eigenvalue weighted by Gasteiger charge is 2.23. The standard InChI is InChI=1S/C27H19ClN4O4S.C18H15N3O3S.C17H13N3O3S.C10H8ClNOS.CH3I/c28-18-5-1-17(2-6-18)27-31-19(15-37-27)14-36-26-21(13-29)23(24-22(32-26)9-10-30-25(24)34)16-3-7-20(8-4-16)35-12-11-33;1-25-18-13(10-19)15(16-14(21-18)6-7-20-17(16)23)11-2-4-12(5-3-11)24-9-8-22;18-9-12-14(10-1-3-11(4-2-10)23-8-7-21)15-13(20-17(12)24)5-6-19-16(15)22;11-8-3-1-7(2-4-8)10-12-9(5-13)6-14-10;1-2/h1-10,15,33H,11-12,14H2,(H,30,34);2-7,22H,8-9H2,1H3,(H,20,23);1-6,21H,7-8H2,(H,19,22)(H,20,24);1-4,6,13H,5H2;1H3. The summed E-state index contributed by atoms with van der Waals surface area (Å²) in [6, 6.07) is 47.4. The summed E-state index contributed by atoms with van der Waals surface area (Å²) >= 11 is 23.5. The Labute approximate surface area is 622 Å². The summed E-state index contributed by atoms with van der Waals surface area (Å²) in [5.74, 6) is 1.86. The number of halogens is 3. The summed E-state index contributed by atoms with van der Waals surface area (Å²) in [6.07, 6.45) is 6.42. The molecule has 0 radical (unpaired) electrons. The zero-order valence-corrected chi connectivity index (χ0v) is 60.8. The smallest absolute Gasteiger partial charge is 0.258 e. The van der Waals surface area contributed by atoms with Crippen LogP contribution in [0.15, 0.2) is 188 Å². The van der Waals surface area contributed by atoms with Crippen molar-refractivity contribution in [3.05, 3.63) is 243 Å². The van der Waals surface area contributed by atoms with E-state index in [0.717, 1.165) is 26.7 Å². The highest BCUT2D eigenvalue weighted by atomic mass is 127. The highest BCUT2D eigenvalue weighted by Crippen LogP contribution is 2.38. The predicted octanol–water partition coefficient (Wildman–Crippen LogP) is 14.2. The Morgan fingerprint density at radius 3 is 1.31 bits per heavy atom. The van der Waals surface area contributed by atoms with Gasteiger partial charge in [0, 0.05) is 67.2 Å². The maximum atomic E-state index is 12.8. The van der Waals surface area contributed by atoms with Crippen LogP contribution >= 0.6 is 92.4 Å². The second kappa shape index (κ2) is 37.5. The molecule has 0 atom stereocenters. The molecule has 0 unspecified atom stereocenters.